The maximum atomic E-state index is 11.9. The number of nitro benzene ring substituents is 1. The Morgan fingerprint density at radius 1 is 1.53 bits per heavy atom. The van der Waals surface area contributed by atoms with Crippen molar-refractivity contribution in [1.82, 2.24) is 5.32 Å². The van der Waals surface area contributed by atoms with Crippen LogP contribution in [0, 0.1) is 27.4 Å². The zero-order chi connectivity index (χ0) is 14.6. The Balaban J connectivity index is 2.98. The Labute approximate surface area is 115 Å². The molecule has 100 valence electrons. The number of amides is 1. The van der Waals surface area contributed by atoms with Gasteiger partial charge in [-0.3, -0.25) is 14.9 Å². The summed E-state index contributed by atoms with van der Waals surface area (Å²) in [5.41, 5.74) is -0.246. The van der Waals surface area contributed by atoms with Gasteiger partial charge in [-0.1, -0.05) is 25.4 Å². The summed E-state index contributed by atoms with van der Waals surface area (Å²) in [5.74, 6) is -0.601. The summed E-state index contributed by atoms with van der Waals surface area (Å²) in [4.78, 5) is 21.9. The van der Waals surface area contributed by atoms with Gasteiger partial charge in [0.25, 0.3) is 11.6 Å². The van der Waals surface area contributed by atoms with E-state index >= 15 is 0 Å². The summed E-state index contributed by atoms with van der Waals surface area (Å²) in [7, 11) is 0. The molecule has 0 aliphatic carbocycles. The molecule has 0 bridgehead atoms. The molecule has 19 heavy (non-hydrogen) atoms. The SMILES string of the molecule is CC(C)C(C#N)NC(=O)c1ccc(Cl)c([N+](=O)[O-])c1. The molecule has 0 radical (unpaired) electrons. The van der Waals surface area contributed by atoms with Gasteiger partial charge in [-0.2, -0.15) is 5.26 Å². The second-order valence-corrected chi connectivity index (χ2v) is 4.65. The van der Waals surface area contributed by atoms with Crippen LogP contribution in [0.3, 0.4) is 0 Å². The third kappa shape index (κ3) is 3.66. The van der Waals surface area contributed by atoms with Gasteiger partial charge in [0.1, 0.15) is 11.1 Å². The standard InChI is InChI=1S/C12H12ClN3O3/c1-7(2)10(6-14)15-12(17)8-3-4-9(13)11(5-8)16(18)19/h3-5,7,10H,1-2H3,(H,15,17). The van der Waals surface area contributed by atoms with Gasteiger partial charge in [-0.05, 0) is 18.1 Å². The van der Waals surface area contributed by atoms with Crippen molar-refractivity contribution < 1.29 is 9.72 Å². The number of rotatable bonds is 4. The first kappa shape index (κ1) is 14.9. The fourth-order valence-corrected chi connectivity index (χ4v) is 1.55. The minimum absolute atomic E-state index is 0.0396. The number of hydrogen-bond acceptors (Lipinski definition) is 4. The Hall–Kier alpha value is -2.13. The lowest BCUT2D eigenvalue weighted by atomic mass is 10.1. The summed E-state index contributed by atoms with van der Waals surface area (Å²) >= 11 is 5.65. The van der Waals surface area contributed by atoms with E-state index < -0.39 is 16.9 Å². The van der Waals surface area contributed by atoms with Gasteiger partial charge >= 0.3 is 0 Å². The first-order valence-corrected chi connectivity index (χ1v) is 5.89. The molecule has 0 fully saturated rings. The van der Waals surface area contributed by atoms with Crippen LogP contribution >= 0.6 is 11.6 Å². The van der Waals surface area contributed by atoms with E-state index in [1.807, 2.05) is 6.07 Å². The van der Waals surface area contributed by atoms with Crippen LogP contribution in [0.4, 0.5) is 5.69 Å². The van der Waals surface area contributed by atoms with Crippen molar-refractivity contribution in [3.63, 3.8) is 0 Å². The number of carbonyl (C=O) groups excluding carboxylic acids is 1. The second kappa shape index (κ2) is 6.16. The van der Waals surface area contributed by atoms with Gasteiger partial charge < -0.3 is 5.32 Å². The number of hydrogen-bond donors (Lipinski definition) is 1. The van der Waals surface area contributed by atoms with Crippen LogP contribution in [0.25, 0.3) is 0 Å². The summed E-state index contributed by atoms with van der Waals surface area (Å²) in [6.07, 6.45) is 0. The maximum Gasteiger partial charge on any atom is 0.288 e. The van der Waals surface area contributed by atoms with Gasteiger partial charge in [-0.15, -0.1) is 0 Å². The van der Waals surface area contributed by atoms with Gasteiger partial charge in [0.15, 0.2) is 0 Å². The number of nitriles is 1. The zero-order valence-electron chi connectivity index (χ0n) is 10.4. The molecule has 0 aliphatic rings. The van der Waals surface area contributed by atoms with Crippen LogP contribution in [-0.4, -0.2) is 16.9 Å². The van der Waals surface area contributed by atoms with E-state index in [0.717, 1.165) is 6.07 Å². The van der Waals surface area contributed by atoms with E-state index in [4.69, 9.17) is 16.9 Å². The molecule has 0 aromatic heterocycles. The van der Waals surface area contributed by atoms with E-state index in [9.17, 15) is 14.9 Å². The van der Waals surface area contributed by atoms with Crippen LogP contribution in [-0.2, 0) is 0 Å². The lowest BCUT2D eigenvalue weighted by molar-refractivity contribution is -0.384. The third-order valence-electron chi connectivity index (χ3n) is 2.50. The molecule has 1 unspecified atom stereocenters. The van der Waals surface area contributed by atoms with Gasteiger partial charge in [-0.25, -0.2) is 0 Å². The number of halogens is 1. The Bertz CT molecular complexity index is 552. The molecule has 1 rings (SSSR count). The van der Waals surface area contributed by atoms with Crippen LogP contribution in [0.2, 0.25) is 5.02 Å². The maximum absolute atomic E-state index is 11.9. The molecule has 7 heteroatoms. The molecule has 0 saturated heterocycles. The van der Waals surface area contributed by atoms with Gasteiger partial charge in [0.2, 0.25) is 0 Å². The molecule has 0 aliphatic heterocycles. The fourth-order valence-electron chi connectivity index (χ4n) is 1.37. The topological polar surface area (TPSA) is 96.0 Å². The Kier molecular flexibility index (Phi) is 4.84. The van der Waals surface area contributed by atoms with Crippen molar-refractivity contribution in [2.45, 2.75) is 19.9 Å². The molecule has 1 N–H and O–H groups in total. The van der Waals surface area contributed by atoms with Crippen molar-refractivity contribution in [3.05, 3.63) is 38.9 Å². The van der Waals surface area contributed by atoms with Crippen LogP contribution in [0.5, 0.6) is 0 Å². The molecule has 0 saturated carbocycles. The average molecular weight is 282 g/mol. The number of nitrogens with one attached hydrogen (secondary N) is 1. The van der Waals surface area contributed by atoms with E-state index in [-0.39, 0.29) is 22.2 Å². The highest BCUT2D eigenvalue weighted by atomic mass is 35.5. The Morgan fingerprint density at radius 3 is 2.63 bits per heavy atom. The minimum atomic E-state index is -0.663. The first-order valence-electron chi connectivity index (χ1n) is 5.51. The Morgan fingerprint density at radius 2 is 2.16 bits per heavy atom. The highest BCUT2D eigenvalue weighted by Gasteiger charge is 2.19. The quantitative estimate of drug-likeness (QED) is 0.677. The molecule has 6 nitrogen and oxygen atoms in total. The lowest BCUT2D eigenvalue weighted by Crippen LogP contribution is -2.37. The van der Waals surface area contributed by atoms with Crippen molar-refractivity contribution in [3.8, 4) is 6.07 Å². The molecule has 1 aromatic carbocycles. The van der Waals surface area contributed by atoms with E-state index in [2.05, 4.69) is 5.32 Å². The minimum Gasteiger partial charge on any atom is -0.336 e. The average Bonchev–Trinajstić information content (AvgIpc) is 2.35. The first-order chi connectivity index (χ1) is 8.86. The smallest absolute Gasteiger partial charge is 0.288 e. The summed E-state index contributed by atoms with van der Waals surface area (Å²) in [6, 6.07) is 5.06. The molecule has 1 amide bonds. The zero-order valence-corrected chi connectivity index (χ0v) is 11.1. The lowest BCUT2D eigenvalue weighted by Gasteiger charge is -2.14. The van der Waals surface area contributed by atoms with E-state index in [1.165, 1.54) is 12.1 Å². The fraction of sp³-hybridized carbons (Fsp3) is 0.333. The molecular weight excluding hydrogens is 270 g/mol. The highest BCUT2D eigenvalue weighted by molar-refractivity contribution is 6.32. The van der Waals surface area contributed by atoms with Gasteiger partial charge in [0, 0.05) is 11.6 Å². The van der Waals surface area contributed by atoms with Gasteiger partial charge in [0.05, 0.1) is 11.0 Å². The van der Waals surface area contributed by atoms with Crippen molar-refractivity contribution in [2.24, 2.45) is 5.92 Å². The number of benzene rings is 1. The predicted molar refractivity (Wildman–Crippen MR) is 69.8 cm³/mol. The largest absolute Gasteiger partial charge is 0.336 e. The normalized spacial score (nSPS) is 11.7. The van der Waals surface area contributed by atoms with E-state index in [0.29, 0.717) is 0 Å². The summed E-state index contributed by atoms with van der Waals surface area (Å²) < 4.78 is 0. The predicted octanol–water partition coefficient (Wildman–Crippen LogP) is 2.53. The molecule has 1 aromatic rings. The summed E-state index contributed by atoms with van der Waals surface area (Å²) in [6.45, 7) is 3.58. The van der Waals surface area contributed by atoms with Crippen LogP contribution in [0.1, 0.15) is 24.2 Å². The highest BCUT2D eigenvalue weighted by Crippen LogP contribution is 2.25. The number of nitro groups is 1. The molecule has 0 heterocycles. The van der Waals surface area contributed by atoms with Crippen molar-refractivity contribution in [1.29, 1.82) is 5.26 Å². The van der Waals surface area contributed by atoms with Crippen LogP contribution < -0.4 is 5.32 Å². The van der Waals surface area contributed by atoms with Crippen LogP contribution in [0.15, 0.2) is 18.2 Å². The third-order valence-corrected chi connectivity index (χ3v) is 2.82. The van der Waals surface area contributed by atoms with Crippen molar-refractivity contribution >= 4 is 23.2 Å². The number of nitrogens with zero attached hydrogens (tertiary/aromatic N) is 2. The van der Waals surface area contributed by atoms with E-state index in [1.54, 1.807) is 13.8 Å². The second-order valence-electron chi connectivity index (χ2n) is 4.25. The monoisotopic (exact) mass is 281 g/mol. The summed E-state index contributed by atoms with van der Waals surface area (Å²) in [5, 5.41) is 22.1. The molecular formula is C12H12ClN3O3. The number of carbonyl (C=O) groups is 1. The van der Waals surface area contributed by atoms with Crippen molar-refractivity contribution in [2.75, 3.05) is 0 Å². The molecule has 0 spiro atoms. The molecule has 1 atom stereocenters.